The number of carbonyl (C=O) groups is 4. The lowest BCUT2D eigenvalue weighted by Gasteiger charge is -2.21. The molecule has 0 bridgehead atoms. The molecule has 0 spiro atoms. The Bertz CT molecular complexity index is 1870. The van der Waals surface area contributed by atoms with Crippen molar-refractivity contribution in [3.05, 3.63) is 0 Å². The molecule has 3 N–H and O–H groups in total. The summed E-state index contributed by atoms with van der Waals surface area (Å²) in [6.07, 6.45) is 54.3. The van der Waals surface area contributed by atoms with Crippen molar-refractivity contribution in [3.8, 4) is 0 Å². The molecule has 0 aliphatic carbocycles. The van der Waals surface area contributed by atoms with Crippen molar-refractivity contribution in [1.82, 2.24) is 0 Å². The second-order valence-electron chi connectivity index (χ2n) is 28.9. The summed E-state index contributed by atoms with van der Waals surface area (Å²) < 4.78 is 68.5. The van der Waals surface area contributed by atoms with Gasteiger partial charge in [0.15, 0.2) is 12.2 Å². The molecule has 0 saturated heterocycles. The van der Waals surface area contributed by atoms with Crippen molar-refractivity contribution in [1.29, 1.82) is 0 Å². The number of aliphatic hydroxyl groups excluding tert-OH is 1. The zero-order valence-electron chi connectivity index (χ0n) is 62.8. The quantitative estimate of drug-likeness (QED) is 0.0222. The summed E-state index contributed by atoms with van der Waals surface area (Å²) in [5.41, 5.74) is 0. The van der Waals surface area contributed by atoms with Crippen LogP contribution in [0.4, 0.5) is 0 Å². The fraction of sp³-hybridized carbons (Fsp3) is 0.948. The molecular formula is C77H150O17P2. The van der Waals surface area contributed by atoms with Crippen LogP contribution in [0, 0.1) is 17.8 Å². The van der Waals surface area contributed by atoms with E-state index < -0.39 is 97.5 Å². The van der Waals surface area contributed by atoms with Crippen molar-refractivity contribution >= 4 is 39.5 Å². The number of phosphoric acid groups is 2. The maximum absolute atomic E-state index is 13.1. The number of esters is 4. The van der Waals surface area contributed by atoms with Crippen LogP contribution >= 0.6 is 15.6 Å². The van der Waals surface area contributed by atoms with Crippen molar-refractivity contribution in [2.45, 2.75) is 414 Å². The molecule has 0 aliphatic rings. The molecular weight excluding hydrogens is 1260 g/mol. The minimum absolute atomic E-state index is 0.104. The fourth-order valence-corrected chi connectivity index (χ4v) is 13.3. The van der Waals surface area contributed by atoms with Gasteiger partial charge in [-0.15, -0.1) is 0 Å². The number of unbranched alkanes of at least 4 members (excludes halogenated alkanes) is 42. The summed E-state index contributed by atoms with van der Waals surface area (Å²) in [4.78, 5) is 72.8. The maximum Gasteiger partial charge on any atom is 0.472 e. The Morgan fingerprint density at radius 1 is 0.302 bits per heavy atom. The summed E-state index contributed by atoms with van der Waals surface area (Å²) in [6.45, 7) is 11.8. The zero-order chi connectivity index (χ0) is 70.9. The normalized spacial score (nSPS) is 14.3. The van der Waals surface area contributed by atoms with Gasteiger partial charge in [-0.25, -0.2) is 9.13 Å². The molecule has 0 heterocycles. The fourth-order valence-electron chi connectivity index (χ4n) is 11.7. The second-order valence-corrected chi connectivity index (χ2v) is 31.8. The van der Waals surface area contributed by atoms with Gasteiger partial charge in [-0.05, 0) is 43.4 Å². The van der Waals surface area contributed by atoms with Crippen LogP contribution < -0.4 is 0 Å². The number of carbonyl (C=O) groups excluding carboxylic acids is 4. The number of ether oxygens (including phenoxy) is 4. The van der Waals surface area contributed by atoms with Gasteiger partial charge in [-0.3, -0.25) is 37.3 Å². The predicted molar refractivity (Wildman–Crippen MR) is 391 cm³/mol. The summed E-state index contributed by atoms with van der Waals surface area (Å²) in [6, 6.07) is 0. The zero-order valence-corrected chi connectivity index (χ0v) is 64.6. The summed E-state index contributed by atoms with van der Waals surface area (Å²) >= 11 is 0. The van der Waals surface area contributed by atoms with Gasteiger partial charge in [0.1, 0.15) is 19.3 Å². The Hall–Kier alpha value is -1.94. The van der Waals surface area contributed by atoms with Crippen LogP contribution in [0.1, 0.15) is 395 Å². The lowest BCUT2D eigenvalue weighted by molar-refractivity contribution is -0.161. The van der Waals surface area contributed by atoms with Crippen LogP contribution in [0.5, 0.6) is 0 Å². The molecule has 0 fully saturated rings. The SMILES string of the molecule is CCCCCCCCCCCCCCCCCCCCCCC(=O)O[C@H](COC(=O)CCCCCCCCCCCCCCC(C)C)COP(=O)(O)OC[C@@H](O)COP(=O)(O)OC[C@@H](COC(=O)CCCCCCCCC(C)CC)OC(=O)CCCCCCCCCCC(C)C. The highest BCUT2D eigenvalue weighted by Crippen LogP contribution is 2.45. The highest BCUT2D eigenvalue weighted by Gasteiger charge is 2.30. The van der Waals surface area contributed by atoms with E-state index in [9.17, 15) is 43.2 Å². The second kappa shape index (κ2) is 67.5. The Kier molecular flexibility index (Phi) is 66.2. The van der Waals surface area contributed by atoms with Gasteiger partial charge < -0.3 is 33.8 Å². The summed E-state index contributed by atoms with van der Waals surface area (Å²) in [5, 5.41) is 10.6. The monoisotopic (exact) mass is 1410 g/mol. The predicted octanol–water partition coefficient (Wildman–Crippen LogP) is 22.6. The van der Waals surface area contributed by atoms with E-state index in [0.29, 0.717) is 25.7 Å². The number of rotatable bonds is 75. The highest BCUT2D eigenvalue weighted by molar-refractivity contribution is 7.47. The first kappa shape index (κ1) is 94.1. The van der Waals surface area contributed by atoms with Crippen molar-refractivity contribution < 1.29 is 80.2 Å². The molecule has 19 heteroatoms. The topological polar surface area (TPSA) is 237 Å². The largest absolute Gasteiger partial charge is 0.472 e. The first-order valence-corrected chi connectivity index (χ1v) is 42.9. The molecule has 570 valence electrons. The van der Waals surface area contributed by atoms with Crippen LogP contribution in [-0.2, 0) is 65.4 Å². The Balaban J connectivity index is 5.22. The lowest BCUT2D eigenvalue weighted by atomic mass is 10.00. The van der Waals surface area contributed by atoms with E-state index in [1.54, 1.807) is 0 Å². The molecule has 96 heavy (non-hydrogen) atoms. The number of hydrogen-bond acceptors (Lipinski definition) is 15. The van der Waals surface area contributed by atoms with Crippen molar-refractivity contribution in [3.63, 3.8) is 0 Å². The van der Waals surface area contributed by atoms with Crippen LogP contribution in [0.25, 0.3) is 0 Å². The van der Waals surface area contributed by atoms with Gasteiger partial charge in [-0.2, -0.15) is 0 Å². The van der Waals surface area contributed by atoms with Crippen molar-refractivity contribution in [2.75, 3.05) is 39.6 Å². The van der Waals surface area contributed by atoms with Gasteiger partial charge in [0.25, 0.3) is 0 Å². The Labute approximate surface area is 588 Å². The Morgan fingerprint density at radius 3 is 0.792 bits per heavy atom. The third kappa shape index (κ3) is 69.2. The summed E-state index contributed by atoms with van der Waals surface area (Å²) in [5.74, 6) is 0.111. The van der Waals surface area contributed by atoms with E-state index in [-0.39, 0.29) is 25.7 Å². The van der Waals surface area contributed by atoms with Gasteiger partial charge in [0.05, 0.1) is 26.4 Å². The average molecular weight is 1410 g/mol. The Morgan fingerprint density at radius 2 is 0.531 bits per heavy atom. The van der Waals surface area contributed by atoms with Gasteiger partial charge >= 0.3 is 39.5 Å². The van der Waals surface area contributed by atoms with E-state index in [2.05, 4.69) is 48.5 Å². The molecule has 6 atom stereocenters. The van der Waals surface area contributed by atoms with Crippen LogP contribution in [-0.4, -0.2) is 96.7 Å². The molecule has 0 saturated carbocycles. The minimum atomic E-state index is -4.96. The van der Waals surface area contributed by atoms with E-state index in [1.165, 1.54) is 199 Å². The number of aliphatic hydroxyl groups is 1. The van der Waals surface area contributed by atoms with Crippen LogP contribution in [0.3, 0.4) is 0 Å². The molecule has 17 nitrogen and oxygen atoms in total. The molecule has 0 amide bonds. The van der Waals surface area contributed by atoms with E-state index >= 15 is 0 Å². The molecule has 0 radical (unpaired) electrons. The third-order valence-electron chi connectivity index (χ3n) is 18.2. The van der Waals surface area contributed by atoms with E-state index in [4.69, 9.17) is 37.0 Å². The molecule has 0 aromatic heterocycles. The van der Waals surface area contributed by atoms with Crippen molar-refractivity contribution in [2.24, 2.45) is 17.8 Å². The smallest absolute Gasteiger partial charge is 0.462 e. The molecule has 3 unspecified atom stereocenters. The van der Waals surface area contributed by atoms with Crippen LogP contribution in [0.15, 0.2) is 0 Å². The van der Waals surface area contributed by atoms with E-state index in [1.807, 2.05) is 0 Å². The first-order valence-electron chi connectivity index (χ1n) is 39.9. The first-order chi connectivity index (χ1) is 46.3. The molecule has 0 rings (SSSR count). The average Bonchev–Trinajstić information content (AvgIpc) is 1.12. The van der Waals surface area contributed by atoms with Gasteiger partial charge in [0, 0.05) is 25.7 Å². The number of hydrogen-bond donors (Lipinski definition) is 3. The maximum atomic E-state index is 13.1. The highest BCUT2D eigenvalue weighted by atomic mass is 31.2. The number of phosphoric ester groups is 2. The molecule has 0 aromatic carbocycles. The van der Waals surface area contributed by atoms with Gasteiger partial charge in [-0.1, -0.05) is 344 Å². The van der Waals surface area contributed by atoms with Crippen LogP contribution in [0.2, 0.25) is 0 Å². The molecule has 0 aliphatic heterocycles. The van der Waals surface area contributed by atoms with Gasteiger partial charge in [0.2, 0.25) is 0 Å². The van der Waals surface area contributed by atoms with E-state index in [0.717, 1.165) is 114 Å². The molecule has 0 aromatic rings. The summed E-state index contributed by atoms with van der Waals surface area (Å²) in [7, 11) is -9.91. The third-order valence-corrected chi connectivity index (χ3v) is 20.1. The minimum Gasteiger partial charge on any atom is -0.462 e. The standard InChI is InChI=1S/C77H150O17P2/c1-8-10-11-12-13-14-15-16-17-18-19-20-21-22-23-28-31-37-46-53-60-76(81)93-72(64-87-74(79)58-51-44-36-30-27-25-24-26-29-34-41-48-55-68(3)4)66-91-95(83,84)89-62-71(78)63-90-96(85,86)92-67-73(65-88-75(80)59-52-45-40-39-43-50-57-70(7)9-2)94-77(82)61-54-47-38-33-32-35-42-49-56-69(5)6/h68-73,78H,8-67H2,1-7H3,(H,83,84)(H,85,86)/t70?,71-,72-,73-/m1/s1. The lowest BCUT2D eigenvalue weighted by Crippen LogP contribution is -2.30.